The Bertz CT molecular complexity index is 462. The maximum Gasteiger partial charge on any atom is 0.207 e. The first-order chi connectivity index (χ1) is 6.33. The Hall–Kier alpha value is -1.16. The molecular formula is C9H8N2OS. The van der Waals surface area contributed by atoms with Gasteiger partial charge in [-0.15, -0.1) is 11.3 Å². The van der Waals surface area contributed by atoms with E-state index in [0.29, 0.717) is 5.92 Å². The van der Waals surface area contributed by atoms with E-state index in [1.54, 1.807) is 11.3 Å². The molecule has 2 aromatic heterocycles. The van der Waals surface area contributed by atoms with Crippen LogP contribution in [0.5, 0.6) is 0 Å². The van der Waals surface area contributed by atoms with E-state index in [4.69, 9.17) is 0 Å². The molecule has 0 N–H and O–H groups in total. The predicted molar refractivity (Wildman–Crippen MR) is 50.6 cm³/mol. The normalized spacial score (nSPS) is 16.6. The molecule has 0 spiro atoms. The third-order valence-electron chi connectivity index (χ3n) is 2.25. The van der Waals surface area contributed by atoms with Crippen LogP contribution in [0, 0.1) is 5.21 Å². The zero-order valence-corrected chi connectivity index (χ0v) is 7.75. The van der Waals surface area contributed by atoms with Crippen LogP contribution >= 0.6 is 11.3 Å². The minimum atomic E-state index is 0.678. The molecule has 3 nitrogen and oxygen atoms in total. The number of nitrogens with zero attached hydrogens (tertiary/aromatic N) is 2. The van der Waals surface area contributed by atoms with Gasteiger partial charge in [0.1, 0.15) is 5.52 Å². The largest absolute Gasteiger partial charge is 0.619 e. The molecule has 0 radical (unpaired) electrons. The summed E-state index contributed by atoms with van der Waals surface area (Å²) >= 11 is 1.71. The second-order valence-corrected chi connectivity index (χ2v) is 4.44. The molecule has 4 heteroatoms. The van der Waals surface area contributed by atoms with Gasteiger partial charge in [0.2, 0.25) is 6.20 Å². The predicted octanol–water partition coefficient (Wildman–Crippen LogP) is 1.81. The first-order valence-corrected chi connectivity index (χ1v) is 5.14. The van der Waals surface area contributed by atoms with E-state index in [2.05, 4.69) is 4.98 Å². The molecule has 1 aliphatic rings. The van der Waals surface area contributed by atoms with E-state index in [1.807, 2.05) is 6.07 Å². The molecule has 13 heavy (non-hydrogen) atoms. The molecule has 3 rings (SSSR count). The highest BCUT2D eigenvalue weighted by atomic mass is 32.1. The van der Waals surface area contributed by atoms with Crippen LogP contribution in [-0.4, -0.2) is 4.98 Å². The van der Waals surface area contributed by atoms with Gasteiger partial charge in [-0.3, -0.25) is 0 Å². The fourth-order valence-electron chi connectivity index (χ4n) is 1.38. The van der Waals surface area contributed by atoms with E-state index in [-0.39, 0.29) is 0 Å². The summed E-state index contributed by atoms with van der Waals surface area (Å²) in [6.07, 6.45) is 5.59. The highest BCUT2D eigenvalue weighted by Crippen LogP contribution is 2.42. The highest BCUT2D eigenvalue weighted by Gasteiger charge is 2.27. The van der Waals surface area contributed by atoms with Gasteiger partial charge in [0.05, 0.1) is 9.71 Å². The quantitative estimate of drug-likeness (QED) is 0.510. The molecule has 0 unspecified atom stereocenters. The zero-order chi connectivity index (χ0) is 8.84. The lowest BCUT2D eigenvalue weighted by molar-refractivity contribution is -0.603. The van der Waals surface area contributed by atoms with Gasteiger partial charge in [0, 0.05) is 12.0 Å². The number of thiazole rings is 1. The molecule has 1 fully saturated rings. The van der Waals surface area contributed by atoms with E-state index >= 15 is 0 Å². The number of pyridine rings is 1. The molecule has 0 saturated heterocycles. The molecule has 1 saturated carbocycles. The summed E-state index contributed by atoms with van der Waals surface area (Å²) in [5, 5.41) is 12.2. The number of rotatable bonds is 1. The van der Waals surface area contributed by atoms with Gasteiger partial charge in [0.25, 0.3) is 0 Å². The zero-order valence-electron chi connectivity index (χ0n) is 6.93. The van der Waals surface area contributed by atoms with Crippen molar-refractivity contribution in [2.45, 2.75) is 18.8 Å². The number of fused-ring (bicyclic) bond motifs is 1. The Balaban J connectivity index is 2.20. The third kappa shape index (κ3) is 1.18. The van der Waals surface area contributed by atoms with Crippen molar-refractivity contribution in [3.05, 3.63) is 28.7 Å². The van der Waals surface area contributed by atoms with Crippen molar-refractivity contribution in [2.75, 3.05) is 0 Å². The van der Waals surface area contributed by atoms with Crippen molar-refractivity contribution < 1.29 is 4.73 Å². The van der Waals surface area contributed by atoms with Crippen LogP contribution in [-0.2, 0) is 0 Å². The summed E-state index contributed by atoms with van der Waals surface area (Å²) in [4.78, 5) is 4.43. The summed E-state index contributed by atoms with van der Waals surface area (Å²) in [5.41, 5.74) is 0.837. The molecule has 0 aromatic carbocycles. The van der Waals surface area contributed by atoms with Crippen LogP contribution < -0.4 is 4.73 Å². The molecule has 0 amide bonds. The average Bonchev–Trinajstić information content (AvgIpc) is 2.87. The Labute approximate surface area is 79.2 Å². The Morgan fingerprint density at radius 2 is 2.38 bits per heavy atom. The molecule has 0 aliphatic heterocycles. The van der Waals surface area contributed by atoms with Gasteiger partial charge in [-0.1, -0.05) is 0 Å². The maximum absolute atomic E-state index is 11.0. The van der Waals surface area contributed by atoms with Gasteiger partial charge in [0.15, 0.2) is 6.20 Å². The molecule has 0 atom stereocenters. The SMILES string of the molecule is [O-][n+]1ccc2sc(C3CC3)nc2c1. The van der Waals surface area contributed by atoms with Gasteiger partial charge in [-0.05, 0) is 12.8 Å². The van der Waals surface area contributed by atoms with Crippen molar-refractivity contribution in [3.63, 3.8) is 0 Å². The van der Waals surface area contributed by atoms with Crippen molar-refractivity contribution >= 4 is 21.6 Å². The van der Waals surface area contributed by atoms with Crippen LogP contribution in [0.1, 0.15) is 23.8 Å². The van der Waals surface area contributed by atoms with E-state index < -0.39 is 0 Å². The molecule has 2 heterocycles. The lowest BCUT2D eigenvalue weighted by Crippen LogP contribution is -2.23. The minimum absolute atomic E-state index is 0.678. The van der Waals surface area contributed by atoms with E-state index in [1.165, 1.54) is 30.2 Å². The minimum Gasteiger partial charge on any atom is -0.619 e. The second kappa shape index (κ2) is 2.42. The van der Waals surface area contributed by atoms with Crippen molar-refractivity contribution in [3.8, 4) is 0 Å². The monoisotopic (exact) mass is 192 g/mol. The van der Waals surface area contributed by atoms with E-state index in [9.17, 15) is 5.21 Å². The van der Waals surface area contributed by atoms with Gasteiger partial charge < -0.3 is 5.21 Å². The number of hydrogen-bond acceptors (Lipinski definition) is 3. The Morgan fingerprint density at radius 1 is 1.54 bits per heavy atom. The molecular weight excluding hydrogens is 184 g/mol. The molecule has 0 bridgehead atoms. The van der Waals surface area contributed by atoms with Crippen LogP contribution in [0.3, 0.4) is 0 Å². The Kier molecular flexibility index (Phi) is 1.35. The second-order valence-electron chi connectivity index (χ2n) is 3.38. The van der Waals surface area contributed by atoms with Crippen LogP contribution in [0.15, 0.2) is 18.5 Å². The summed E-state index contributed by atoms with van der Waals surface area (Å²) in [6.45, 7) is 0. The molecule has 2 aromatic rings. The molecule has 66 valence electrons. The van der Waals surface area contributed by atoms with Crippen LogP contribution in [0.2, 0.25) is 0 Å². The molecule has 1 aliphatic carbocycles. The highest BCUT2D eigenvalue weighted by molar-refractivity contribution is 7.18. The number of aromatic nitrogens is 2. The van der Waals surface area contributed by atoms with Crippen molar-refractivity contribution in [1.82, 2.24) is 4.98 Å². The summed E-state index contributed by atoms with van der Waals surface area (Å²) in [7, 11) is 0. The summed E-state index contributed by atoms with van der Waals surface area (Å²) in [6, 6.07) is 1.84. The Morgan fingerprint density at radius 3 is 3.15 bits per heavy atom. The number of hydrogen-bond donors (Lipinski definition) is 0. The average molecular weight is 192 g/mol. The smallest absolute Gasteiger partial charge is 0.207 e. The van der Waals surface area contributed by atoms with Crippen LogP contribution in [0.4, 0.5) is 0 Å². The maximum atomic E-state index is 11.0. The fourth-order valence-corrected chi connectivity index (χ4v) is 2.49. The first kappa shape index (κ1) is 7.26. The van der Waals surface area contributed by atoms with Crippen molar-refractivity contribution in [1.29, 1.82) is 0 Å². The summed E-state index contributed by atoms with van der Waals surface area (Å²) < 4.78 is 1.92. The van der Waals surface area contributed by atoms with Crippen LogP contribution in [0.25, 0.3) is 10.2 Å². The van der Waals surface area contributed by atoms with E-state index in [0.717, 1.165) is 14.9 Å². The van der Waals surface area contributed by atoms with Gasteiger partial charge in [-0.2, -0.15) is 4.73 Å². The standard InChI is InChI=1S/C9H8N2OS/c12-11-4-3-8-7(5-11)10-9(13-8)6-1-2-6/h3-6H,1-2H2. The lowest BCUT2D eigenvalue weighted by Gasteiger charge is -1.91. The van der Waals surface area contributed by atoms with Gasteiger partial charge >= 0.3 is 0 Å². The third-order valence-corrected chi connectivity index (χ3v) is 3.45. The lowest BCUT2D eigenvalue weighted by atomic mass is 10.4. The van der Waals surface area contributed by atoms with Crippen molar-refractivity contribution in [2.24, 2.45) is 0 Å². The fraction of sp³-hybridized carbons (Fsp3) is 0.333. The first-order valence-electron chi connectivity index (χ1n) is 4.32. The van der Waals surface area contributed by atoms with Gasteiger partial charge in [-0.25, -0.2) is 4.98 Å². The topological polar surface area (TPSA) is 39.8 Å². The summed E-state index contributed by atoms with van der Waals surface area (Å²) in [5.74, 6) is 0.678.